The molecule has 5 rings (SSSR count). The van der Waals surface area contributed by atoms with Crippen molar-refractivity contribution in [3.63, 3.8) is 0 Å². The van der Waals surface area contributed by atoms with Crippen LogP contribution in [0.1, 0.15) is 65.3 Å². The lowest BCUT2D eigenvalue weighted by Gasteiger charge is -2.47. The molecule has 0 amide bonds. The molecule has 0 spiro atoms. The number of aromatic hydroxyl groups is 1. The number of ketones is 2. The largest absolute Gasteiger partial charge is 0.505 e. The monoisotopic (exact) mass is 532 g/mol. The summed E-state index contributed by atoms with van der Waals surface area (Å²) in [5.41, 5.74) is 4.67. The van der Waals surface area contributed by atoms with Gasteiger partial charge in [-0.05, 0) is 66.8 Å². The molecule has 6 nitrogen and oxygen atoms in total. The van der Waals surface area contributed by atoms with Gasteiger partial charge in [0.25, 0.3) is 0 Å². The number of hydrogen-bond acceptors (Lipinski definition) is 6. The second-order valence-corrected chi connectivity index (χ2v) is 10.8. The lowest BCUT2D eigenvalue weighted by atomic mass is 9.54. The summed E-state index contributed by atoms with van der Waals surface area (Å²) in [4.78, 5) is 27.3. The Hall–Kier alpha value is -3.07. The lowest BCUT2D eigenvalue weighted by molar-refractivity contribution is 0.0584. The molecule has 0 aromatic heterocycles. The Morgan fingerprint density at radius 2 is 1.87 bits per heavy atom. The van der Waals surface area contributed by atoms with Gasteiger partial charge in [0.2, 0.25) is 0 Å². The van der Waals surface area contributed by atoms with Gasteiger partial charge >= 0.3 is 7.12 Å². The van der Waals surface area contributed by atoms with Crippen LogP contribution in [0.25, 0.3) is 6.08 Å². The van der Waals surface area contributed by atoms with Gasteiger partial charge in [-0.15, -0.1) is 0 Å². The number of allylic oxidation sites excluding steroid dienone is 1. The summed E-state index contributed by atoms with van der Waals surface area (Å²) in [7, 11) is 0.570. The quantitative estimate of drug-likeness (QED) is 0.337. The zero-order valence-corrected chi connectivity index (χ0v) is 22.4. The maximum atomic E-state index is 13.9. The molecule has 2 aromatic rings. The molecule has 4 atom stereocenters. The number of methoxy groups -OCH3 is 1. The summed E-state index contributed by atoms with van der Waals surface area (Å²) >= 11 is 0. The Bertz CT molecular complexity index is 1330. The molecule has 204 valence electrons. The molecule has 1 aliphatic heterocycles. The first-order chi connectivity index (χ1) is 18.8. The number of Topliss-reactive ketones (excluding diaryl/α,β-unsaturated/α-hetero) is 2. The third-order valence-corrected chi connectivity index (χ3v) is 8.32. The maximum absolute atomic E-state index is 13.9. The van der Waals surface area contributed by atoms with Crippen LogP contribution in [0, 0.1) is 23.6 Å². The third kappa shape index (κ3) is 5.38. The van der Waals surface area contributed by atoms with E-state index in [9.17, 15) is 24.1 Å². The fraction of sp³-hybridized carbons (Fsp3) is 0.419. The van der Waals surface area contributed by atoms with E-state index in [1.165, 1.54) is 12.1 Å². The molecule has 39 heavy (non-hydrogen) atoms. The Morgan fingerprint density at radius 3 is 2.56 bits per heavy atom. The van der Waals surface area contributed by atoms with E-state index in [1.54, 1.807) is 37.4 Å². The number of carbonyl (C=O) groups is 2. The molecule has 2 N–H and O–H groups in total. The Balaban J connectivity index is 1.46. The number of rotatable bonds is 8. The van der Waals surface area contributed by atoms with Crippen molar-refractivity contribution in [3.8, 4) is 5.75 Å². The number of ether oxygens (including phenoxy) is 1. The maximum Gasteiger partial charge on any atom is 0.455 e. The van der Waals surface area contributed by atoms with Crippen LogP contribution in [0.4, 0.5) is 4.39 Å². The Morgan fingerprint density at radius 1 is 1.13 bits per heavy atom. The van der Waals surface area contributed by atoms with E-state index in [0.29, 0.717) is 42.6 Å². The fourth-order valence-electron chi connectivity index (χ4n) is 6.73. The molecule has 0 bridgehead atoms. The van der Waals surface area contributed by atoms with Crippen molar-refractivity contribution in [3.05, 3.63) is 81.7 Å². The number of benzene rings is 2. The van der Waals surface area contributed by atoms with Gasteiger partial charge in [-0.25, -0.2) is 4.39 Å². The summed E-state index contributed by atoms with van der Waals surface area (Å²) in [5.74, 6) is -2.42. The van der Waals surface area contributed by atoms with Crippen LogP contribution < -0.4 is 0 Å². The molecule has 2 aliphatic carbocycles. The first-order valence-corrected chi connectivity index (χ1v) is 13.7. The van der Waals surface area contributed by atoms with E-state index < -0.39 is 30.9 Å². The van der Waals surface area contributed by atoms with E-state index in [1.807, 2.05) is 6.08 Å². The minimum absolute atomic E-state index is 0.0188. The van der Waals surface area contributed by atoms with Crippen molar-refractivity contribution in [2.24, 2.45) is 17.8 Å². The number of phenols is 1. The van der Waals surface area contributed by atoms with Gasteiger partial charge in [-0.2, -0.15) is 0 Å². The predicted molar refractivity (Wildman–Crippen MR) is 147 cm³/mol. The van der Waals surface area contributed by atoms with Gasteiger partial charge < -0.3 is 19.5 Å². The normalized spacial score (nSPS) is 24.9. The highest BCUT2D eigenvalue weighted by atomic mass is 19.1. The molecule has 8 heteroatoms. The van der Waals surface area contributed by atoms with Crippen molar-refractivity contribution in [1.82, 2.24) is 0 Å². The molecule has 0 saturated carbocycles. The minimum atomic E-state index is -1.05. The van der Waals surface area contributed by atoms with Crippen LogP contribution in [-0.2, 0) is 9.39 Å². The van der Waals surface area contributed by atoms with E-state index in [2.05, 4.69) is 6.92 Å². The SMILES string of the molecule is CCC/C(=C\c1ccc(O)c(F)c1)CC[C@H]1OB(O)C[C@H]2C1=C(COC)C[C@H]1C(=O)c3ccccc3C(=O)[C@H]12. The van der Waals surface area contributed by atoms with Crippen molar-refractivity contribution in [2.45, 2.75) is 51.5 Å². The van der Waals surface area contributed by atoms with Crippen LogP contribution >= 0.6 is 0 Å². The number of fused-ring (bicyclic) bond motifs is 4. The number of hydrogen-bond donors (Lipinski definition) is 2. The van der Waals surface area contributed by atoms with Crippen LogP contribution in [0.15, 0.2) is 59.2 Å². The summed E-state index contributed by atoms with van der Waals surface area (Å²) in [6.45, 7) is 2.41. The highest BCUT2D eigenvalue weighted by Crippen LogP contribution is 2.51. The number of carbonyl (C=O) groups excluding carboxylic acids is 2. The van der Waals surface area contributed by atoms with E-state index >= 15 is 0 Å². The number of phenolic OH excluding ortho intramolecular Hbond substituents is 1. The summed E-state index contributed by atoms with van der Waals surface area (Å²) in [6.07, 6.45) is 5.12. The van der Waals surface area contributed by atoms with Gasteiger partial charge in [0.1, 0.15) is 0 Å². The molecule has 0 radical (unpaired) electrons. The summed E-state index contributed by atoms with van der Waals surface area (Å²) in [6, 6.07) is 11.3. The average Bonchev–Trinajstić information content (AvgIpc) is 2.92. The molecule has 3 aliphatic rings. The van der Waals surface area contributed by atoms with E-state index in [-0.39, 0.29) is 29.6 Å². The molecular weight excluding hydrogens is 498 g/mol. The van der Waals surface area contributed by atoms with Gasteiger partial charge in [-0.3, -0.25) is 9.59 Å². The molecule has 0 unspecified atom stereocenters. The first kappa shape index (κ1) is 27.5. The van der Waals surface area contributed by atoms with Crippen molar-refractivity contribution in [1.29, 1.82) is 0 Å². The van der Waals surface area contributed by atoms with E-state index in [4.69, 9.17) is 9.39 Å². The number of halogens is 1. The molecular formula is C31H34BFO6. The van der Waals surface area contributed by atoms with Gasteiger partial charge in [0, 0.05) is 30.1 Å². The minimum Gasteiger partial charge on any atom is -0.505 e. The molecule has 1 fully saturated rings. The highest BCUT2D eigenvalue weighted by molar-refractivity contribution is 6.43. The smallest absolute Gasteiger partial charge is 0.455 e. The van der Waals surface area contributed by atoms with Crippen LogP contribution in [0.2, 0.25) is 6.32 Å². The standard InChI is InChI=1S/C31H34BFO6/c1-3-6-18(13-19-9-11-26(34)25(33)14-19)10-12-27-28-20(17-38-2)15-23-29(24(28)16-32(37)39-27)31(36)22-8-5-4-7-21(22)30(23)35/h4-5,7-9,11,13-14,23-24,27,29,34,37H,3,6,10,12,15-17H2,1-2H3/b18-13+/t23-,24+,27-,29-/m1/s1. The third-order valence-electron chi connectivity index (χ3n) is 8.32. The Kier molecular flexibility index (Phi) is 8.17. The second kappa shape index (κ2) is 11.6. The zero-order valence-electron chi connectivity index (χ0n) is 22.4. The van der Waals surface area contributed by atoms with Gasteiger partial charge in [0.15, 0.2) is 23.1 Å². The molecule has 1 saturated heterocycles. The van der Waals surface area contributed by atoms with Crippen LogP contribution in [0.5, 0.6) is 5.75 Å². The lowest BCUT2D eigenvalue weighted by Crippen LogP contribution is -2.51. The van der Waals surface area contributed by atoms with Crippen molar-refractivity contribution in [2.75, 3.05) is 13.7 Å². The van der Waals surface area contributed by atoms with Crippen LogP contribution in [-0.4, -0.2) is 48.6 Å². The Labute approximate surface area is 228 Å². The van der Waals surface area contributed by atoms with Crippen molar-refractivity contribution >= 4 is 24.8 Å². The topological polar surface area (TPSA) is 93.1 Å². The van der Waals surface area contributed by atoms with Crippen molar-refractivity contribution < 1.29 is 33.5 Å². The van der Waals surface area contributed by atoms with Crippen LogP contribution in [0.3, 0.4) is 0 Å². The summed E-state index contributed by atoms with van der Waals surface area (Å²) < 4.78 is 25.6. The molecule has 2 aromatic carbocycles. The fourth-order valence-corrected chi connectivity index (χ4v) is 6.73. The predicted octanol–water partition coefficient (Wildman–Crippen LogP) is 5.65. The molecule has 1 heterocycles. The zero-order chi connectivity index (χ0) is 27.7. The summed E-state index contributed by atoms with van der Waals surface area (Å²) in [5, 5.41) is 20.3. The average molecular weight is 532 g/mol. The van der Waals surface area contributed by atoms with Gasteiger partial charge in [0.05, 0.1) is 12.7 Å². The second-order valence-electron chi connectivity index (χ2n) is 10.8. The van der Waals surface area contributed by atoms with Gasteiger partial charge in [-0.1, -0.05) is 55.3 Å². The first-order valence-electron chi connectivity index (χ1n) is 13.7. The van der Waals surface area contributed by atoms with E-state index in [0.717, 1.165) is 29.6 Å². The highest BCUT2D eigenvalue weighted by Gasteiger charge is 2.53.